The van der Waals surface area contributed by atoms with Crippen molar-refractivity contribution in [3.05, 3.63) is 39.4 Å². The van der Waals surface area contributed by atoms with E-state index in [4.69, 9.17) is 0 Å². The summed E-state index contributed by atoms with van der Waals surface area (Å²) in [6, 6.07) is 3.88. The van der Waals surface area contributed by atoms with Gasteiger partial charge in [0.25, 0.3) is 5.69 Å². The van der Waals surface area contributed by atoms with Gasteiger partial charge in [-0.3, -0.25) is 10.1 Å². The van der Waals surface area contributed by atoms with Crippen molar-refractivity contribution in [3.63, 3.8) is 0 Å². The molecule has 0 aliphatic carbocycles. The summed E-state index contributed by atoms with van der Waals surface area (Å²) >= 11 is 0. The molecule has 7 heteroatoms. The minimum Gasteiger partial charge on any atom is -0.465 e. The summed E-state index contributed by atoms with van der Waals surface area (Å²) in [5.74, 6) is -0.646. The molecular weight excluding hydrogens is 230 g/mol. The van der Waals surface area contributed by atoms with E-state index in [0.29, 0.717) is 5.56 Å². The highest BCUT2D eigenvalue weighted by molar-refractivity contribution is 5.90. The van der Waals surface area contributed by atoms with Gasteiger partial charge < -0.3 is 4.74 Å². The molecule has 0 heterocycles. The quantitative estimate of drug-likeness (QED) is 0.335. The van der Waals surface area contributed by atoms with Crippen molar-refractivity contribution in [1.29, 1.82) is 0 Å². The summed E-state index contributed by atoms with van der Waals surface area (Å²) in [4.78, 5) is 30.4. The molecule has 1 rings (SSSR count). The van der Waals surface area contributed by atoms with Crippen molar-refractivity contribution in [2.75, 3.05) is 14.2 Å². The first-order chi connectivity index (χ1) is 8.08. The number of esters is 1. The lowest BCUT2D eigenvalue weighted by Gasteiger charge is -2.04. The lowest BCUT2D eigenvalue weighted by molar-refractivity contribution is -0.385. The Balaban J connectivity index is 3.09. The first-order valence-corrected chi connectivity index (χ1v) is 4.60. The number of methoxy groups -OCH3 is 1. The fourth-order valence-electron chi connectivity index (χ4n) is 1.23. The smallest absolute Gasteiger partial charge is 0.338 e. The zero-order valence-electron chi connectivity index (χ0n) is 9.34. The van der Waals surface area contributed by atoms with Crippen LogP contribution in [0.5, 0.6) is 0 Å². The van der Waals surface area contributed by atoms with Crippen LogP contribution in [0.2, 0.25) is 0 Å². The van der Waals surface area contributed by atoms with Crippen molar-refractivity contribution in [2.45, 2.75) is 6.61 Å². The second kappa shape index (κ2) is 5.92. The Morgan fingerprint density at radius 1 is 1.35 bits per heavy atom. The number of carbonyl (C=O) groups excluding carboxylic acids is 1. The van der Waals surface area contributed by atoms with Crippen LogP contribution in [0.1, 0.15) is 15.9 Å². The number of non-ortho nitro benzene ring substituents is 1. The number of rotatable bonds is 5. The Hall–Kier alpha value is -1.99. The van der Waals surface area contributed by atoms with Gasteiger partial charge >= 0.3 is 5.97 Å². The van der Waals surface area contributed by atoms with E-state index in [0.717, 1.165) is 6.07 Å². The second-order valence-corrected chi connectivity index (χ2v) is 3.07. The Kier molecular flexibility index (Phi) is 4.56. The molecule has 0 spiro atoms. The molecule has 0 aliphatic heterocycles. The molecule has 92 valence electrons. The summed E-state index contributed by atoms with van der Waals surface area (Å²) in [7, 11) is 2.52. The van der Waals surface area contributed by atoms with Crippen LogP contribution in [0.3, 0.4) is 0 Å². The molecule has 0 radical (unpaired) electrons. The number of nitro groups is 1. The van der Waals surface area contributed by atoms with E-state index >= 15 is 0 Å². The molecule has 17 heavy (non-hydrogen) atoms. The second-order valence-electron chi connectivity index (χ2n) is 3.07. The predicted molar refractivity (Wildman–Crippen MR) is 56.2 cm³/mol. The van der Waals surface area contributed by atoms with Crippen molar-refractivity contribution in [3.8, 4) is 0 Å². The molecule has 0 unspecified atom stereocenters. The molecule has 1 aromatic carbocycles. The SMILES string of the molecule is COOCc1cc(C(=O)OC)cc([N+](=O)[O-])c1. The summed E-state index contributed by atoms with van der Waals surface area (Å²) in [5.41, 5.74) is 0.334. The summed E-state index contributed by atoms with van der Waals surface area (Å²) < 4.78 is 4.50. The number of carbonyl (C=O) groups is 1. The minimum atomic E-state index is -0.646. The van der Waals surface area contributed by atoms with Gasteiger partial charge in [0.1, 0.15) is 6.61 Å². The number of nitro benzene ring substituents is 1. The first-order valence-electron chi connectivity index (χ1n) is 4.60. The zero-order valence-corrected chi connectivity index (χ0v) is 9.34. The summed E-state index contributed by atoms with van der Waals surface area (Å²) in [6.07, 6.45) is 0. The number of benzene rings is 1. The van der Waals surface area contributed by atoms with E-state index in [9.17, 15) is 14.9 Å². The van der Waals surface area contributed by atoms with Crippen LogP contribution in [0.15, 0.2) is 18.2 Å². The van der Waals surface area contributed by atoms with Crippen LogP contribution in [-0.2, 0) is 21.1 Å². The summed E-state index contributed by atoms with van der Waals surface area (Å²) in [6.45, 7) is 0.00216. The Labute approximate surface area is 97.0 Å². The fourth-order valence-corrected chi connectivity index (χ4v) is 1.23. The van der Waals surface area contributed by atoms with Gasteiger partial charge in [0.2, 0.25) is 0 Å². The number of hydrogen-bond acceptors (Lipinski definition) is 6. The number of nitrogens with zero attached hydrogens (tertiary/aromatic N) is 1. The molecule has 0 atom stereocenters. The van der Waals surface area contributed by atoms with Gasteiger partial charge in [-0.2, -0.15) is 0 Å². The van der Waals surface area contributed by atoms with E-state index in [1.54, 1.807) is 0 Å². The van der Waals surface area contributed by atoms with Crippen LogP contribution >= 0.6 is 0 Å². The first kappa shape index (κ1) is 13.1. The van der Waals surface area contributed by atoms with E-state index in [-0.39, 0.29) is 17.9 Å². The number of ether oxygens (including phenoxy) is 1. The van der Waals surface area contributed by atoms with Crippen molar-refractivity contribution in [2.24, 2.45) is 0 Å². The minimum absolute atomic E-state index is 0.00216. The van der Waals surface area contributed by atoms with Crippen LogP contribution in [0.25, 0.3) is 0 Å². The van der Waals surface area contributed by atoms with Crippen LogP contribution in [0, 0.1) is 10.1 Å². The fraction of sp³-hybridized carbons (Fsp3) is 0.300. The average Bonchev–Trinajstić information content (AvgIpc) is 2.34. The van der Waals surface area contributed by atoms with Gasteiger partial charge in [0.05, 0.1) is 24.7 Å². The molecule has 0 aliphatic rings. The van der Waals surface area contributed by atoms with E-state index in [2.05, 4.69) is 14.5 Å². The highest BCUT2D eigenvalue weighted by atomic mass is 17.2. The van der Waals surface area contributed by atoms with Crippen LogP contribution in [0.4, 0.5) is 5.69 Å². The van der Waals surface area contributed by atoms with Crippen molar-refractivity contribution >= 4 is 11.7 Å². The molecule has 0 amide bonds. The third-order valence-electron chi connectivity index (χ3n) is 1.95. The summed E-state index contributed by atoms with van der Waals surface area (Å²) in [5, 5.41) is 10.7. The Morgan fingerprint density at radius 3 is 2.59 bits per heavy atom. The predicted octanol–water partition coefficient (Wildman–Crippen LogP) is 1.46. The van der Waals surface area contributed by atoms with Crippen LogP contribution < -0.4 is 0 Å². The molecule has 0 N–H and O–H groups in total. The van der Waals surface area contributed by atoms with Crippen molar-refractivity contribution < 1.29 is 24.2 Å². The third-order valence-corrected chi connectivity index (χ3v) is 1.95. The molecule has 0 saturated carbocycles. The molecule has 0 bridgehead atoms. The highest BCUT2D eigenvalue weighted by Crippen LogP contribution is 2.18. The van der Waals surface area contributed by atoms with E-state index in [1.807, 2.05) is 0 Å². The molecular formula is C10H11NO6. The zero-order chi connectivity index (χ0) is 12.8. The van der Waals surface area contributed by atoms with Gasteiger partial charge in [-0.25, -0.2) is 14.6 Å². The largest absolute Gasteiger partial charge is 0.465 e. The van der Waals surface area contributed by atoms with Gasteiger partial charge in [0.15, 0.2) is 0 Å². The lowest BCUT2D eigenvalue weighted by atomic mass is 10.1. The van der Waals surface area contributed by atoms with Crippen molar-refractivity contribution in [1.82, 2.24) is 0 Å². The Bertz CT molecular complexity index is 431. The maximum Gasteiger partial charge on any atom is 0.338 e. The van der Waals surface area contributed by atoms with E-state index in [1.165, 1.54) is 26.4 Å². The molecule has 7 nitrogen and oxygen atoms in total. The average molecular weight is 241 g/mol. The molecule has 0 fully saturated rings. The van der Waals surface area contributed by atoms with Gasteiger partial charge in [0, 0.05) is 12.1 Å². The third kappa shape index (κ3) is 3.51. The van der Waals surface area contributed by atoms with Gasteiger partial charge in [-0.15, -0.1) is 0 Å². The molecule has 1 aromatic rings. The van der Waals surface area contributed by atoms with E-state index < -0.39 is 10.9 Å². The maximum atomic E-state index is 11.3. The topological polar surface area (TPSA) is 87.9 Å². The lowest BCUT2D eigenvalue weighted by Crippen LogP contribution is -2.04. The molecule has 0 saturated heterocycles. The number of hydrogen-bond donors (Lipinski definition) is 0. The molecule has 0 aromatic heterocycles. The van der Waals surface area contributed by atoms with Gasteiger partial charge in [-0.1, -0.05) is 0 Å². The van der Waals surface area contributed by atoms with Crippen LogP contribution in [-0.4, -0.2) is 25.1 Å². The Morgan fingerprint density at radius 2 is 2.06 bits per heavy atom. The highest BCUT2D eigenvalue weighted by Gasteiger charge is 2.14. The standard InChI is InChI=1S/C10H11NO6/c1-15-10(12)8-3-7(6-17-16-2)4-9(5-8)11(13)14/h3-5H,6H2,1-2H3. The monoisotopic (exact) mass is 241 g/mol. The van der Waals surface area contributed by atoms with Gasteiger partial charge in [-0.05, 0) is 11.6 Å². The normalized spacial score (nSPS) is 10.0. The maximum absolute atomic E-state index is 11.3.